The van der Waals surface area contributed by atoms with Crippen LogP contribution < -0.4 is 20.7 Å². The van der Waals surface area contributed by atoms with Crippen molar-refractivity contribution in [2.75, 3.05) is 54.5 Å². The lowest BCUT2D eigenvalue weighted by molar-refractivity contribution is 0.0351. The van der Waals surface area contributed by atoms with Crippen LogP contribution in [-0.4, -0.2) is 59.7 Å². The Hall–Kier alpha value is -3.17. The van der Waals surface area contributed by atoms with Gasteiger partial charge >= 0.3 is 0 Å². The topological polar surface area (TPSA) is 82.9 Å². The molecule has 37 heavy (non-hydrogen) atoms. The molecule has 198 valence electrons. The minimum atomic E-state index is -0.693. The fourth-order valence-electron chi connectivity index (χ4n) is 5.35. The molecule has 5 rings (SSSR count). The first-order valence-corrected chi connectivity index (χ1v) is 13.0. The number of rotatable bonds is 5. The first-order valence-electron chi connectivity index (χ1n) is 13.0. The van der Waals surface area contributed by atoms with Crippen molar-refractivity contribution in [3.8, 4) is 0 Å². The van der Waals surface area contributed by atoms with Crippen molar-refractivity contribution in [3.05, 3.63) is 57.6 Å². The molecule has 9 heteroatoms. The zero-order valence-corrected chi connectivity index (χ0v) is 22.1. The highest BCUT2D eigenvalue weighted by atomic mass is 19.1. The summed E-state index contributed by atoms with van der Waals surface area (Å²) >= 11 is 0. The summed E-state index contributed by atoms with van der Waals surface area (Å²) in [5.74, 6) is 0.341. The van der Waals surface area contributed by atoms with Crippen LogP contribution in [0.1, 0.15) is 43.9 Å². The minimum absolute atomic E-state index is 0.0773. The zero-order valence-electron chi connectivity index (χ0n) is 22.1. The van der Waals surface area contributed by atoms with Crippen LogP contribution in [0.2, 0.25) is 0 Å². The van der Waals surface area contributed by atoms with Crippen LogP contribution in [0.5, 0.6) is 0 Å². The Labute approximate surface area is 216 Å². The van der Waals surface area contributed by atoms with E-state index in [1.807, 2.05) is 26.8 Å². The second kappa shape index (κ2) is 9.95. The van der Waals surface area contributed by atoms with Crippen molar-refractivity contribution in [2.24, 2.45) is 7.05 Å². The third-order valence-electron chi connectivity index (χ3n) is 7.60. The number of aryl methyl sites for hydroxylation is 1. The molecule has 2 aliphatic heterocycles. The second-order valence-corrected chi connectivity index (χ2v) is 10.6. The normalized spacial score (nSPS) is 18.8. The molecule has 0 bridgehead atoms. The van der Waals surface area contributed by atoms with Crippen molar-refractivity contribution < 1.29 is 14.2 Å². The summed E-state index contributed by atoms with van der Waals surface area (Å²) in [6.07, 6.45) is 1.25. The van der Waals surface area contributed by atoms with Crippen molar-refractivity contribution in [1.82, 2.24) is 9.55 Å². The Morgan fingerprint density at radius 2 is 1.81 bits per heavy atom. The van der Waals surface area contributed by atoms with E-state index in [0.29, 0.717) is 69.1 Å². The maximum atomic E-state index is 14.3. The molecule has 0 unspecified atom stereocenters. The van der Waals surface area contributed by atoms with E-state index >= 15 is 0 Å². The number of morpholine rings is 1. The molecule has 3 aromatic rings. The number of halogens is 1. The van der Waals surface area contributed by atoms with E-state index < -0.39 is 5.60 Å². The molecule has 1 aromatic heterocycles. The molecule has 0 radical (unpaired) electrons. The average molecular weight is 510 g/mol. The maximum Gasteiger partial charge on any atom is 0.262 e. The van der Waals surface area contributed by atoms with Crippen LogP contribution in [-0.2, 0) is 11.8 Å². The number of nitrogens with zero attached hydrogens (tertiary/aromatic N) is 4. The Balaban J connectivity index is 1.53. The molecular weight excluding hydrogens is 473 g/mol. The van der Waals surface area contributed by atoms with Crippen molar-refractivity contribution in [3.63, 3.8) is 0 Å². The lowest BCUT2D eigenvalue weighted by Gasteiger charge is -2.38. The molecule has 2 N–H and O–H groups in total. The number of benzene rings is 2. The highest BCUT2D eigenvalue weighted by Crippen LogP contribution is 2.35. The summed E-state index contributed by atoms with van der Waals surface area (Å²) in [5.41, 5.74) is 3.38. The molecule has 2 aromatic carbocycles. The van der Waals surface area contributed by atoms with Crippen LogP contribution >= 0.6 is 0 Å². The van der Waals surface area contributed by atoms with E-state index in [1.54, 1.807) is 23.7 Å². The first-order chi connectivity index (χ1) is 17.6. The third kappa shape index (κ3) is 5.15. The fraction of sp³-hybridized carbons (Fsp3) is 0.500. The number of anilines is 3. The average Bonchev–Trinajstić information content (AvgIpc) is 2.87. The van der Waals surface area contributed by atoms with Gasteiger partial charge in [0, 0.05) is 38.8 Å². The van der Waals surface area contributed by atoms with Gasteiger partial charge in [-0.3, -0.25) is 9.36 Å². The summed E-state index contributed by atoms with van der Waals surface area (Å²) in [5, 5.41) is 14.5. The summed E-state index contributed by atoms with van der Waals surface area (Å²) in [6.45, 7) is 9.73. The number of ether oxygens (including phenoxy) is 1. The summed E-state index contributed by atoms with van der Waals surface area (Å²) < 4.78 is 21.4. The molecule has 2 saturated heterocycles. The lowest BCUT2D eigenvalue weighted by atomic mass is 9.93. The first kappa shape index (κ1) is 25.5. The molecule has 2 aliphatic rings. The second-order valence-electron chi connectivity index (χ2n) is 10.6. The van der Waals surface area contributed by atoms with Gasteiger partial charge in [0.05, 0.1) is 47.1 Å². The Morgan fingerprint density at radius 1 is 1.11 bits per heavy atom. The smallest absolute Gasteiger partial charge is 0.262 e. The number of aromatic nitrogens is 2. The van der Waals surface area contributed by atoms with E-state index in [-0.39, 0.29) is 17.4 Å². The van der Waals surface area contributed by atoms with Gasteiger partial charge in [-0.05, 0) is 63.4 Å². The molecule has 0 saturated carbocycles. The van der Waals surface area contributed by atoms with Crippen LogP contribution in [0.3, 0.4) is 0 Å². The van der Waals surface area contributed by atoms with Crippen molar-refractivity contribution in [1.29, 1.82) is 0 Å². The van der Waals surface area contributed by atoms with Crippen LogP contribution in [0, 0.1) is 12.7 Å². The summed E-state index contributed by atoms with van der Waals surface area (Å²) in [7, 11) is 1.77. The third-order valence-corrected chi connectivity index (χ3v) is 7.60. The number of aliphatic hydroxyl groups is 1. The highest BCUT2D eigenvalue weighted by Gasteiger charge is 2.29. The molecule has 2 fully saturated rings. The van der Waals surface area contributed by atoms with E-state index in [4.69, 9.17) is 9.72 Å². The summed E-state index contributed by atoms with van der Waals surface area (Å²) in [6, 6.07) is 8.53. The van der Waals surface area contributed by atoms with E-state index in [2.05, 4.69) is 21.2 Å². The quantitative estimate of drug-likeness (QED) is 0.542. The van der Waals surface area contributed by atoms with Crippen LogP contribution in [0.4, 0.5) is 21.7 Å². The number of hydrogen-bond acceptors (Lipinski definition) is 7. The summed E-state index contributed by atoms with van der Waals surface area (Å²) in [4.78, 5) is 22.6. The van der Waals surface area contributed by atoms with Gasteiger partial charge in [0.2, 0.25) is 5.95 Å². The Kier molecular flexibility index (Phi) is 6.85. The zero-order chi connectivity index (χ0) is 26.3. The van der Waals surface area contributed by atoms with E-state index in [1.165, 1.54) is 6.07 Å². The van der Waals surface area contributed by atoms with Crippen LogP contribution in [0.25, 0.3) is 10.9 Å². The van der Waals surface area contributed by atoms with Gasteiger partial charge in [0.1, 0.15) is 5.82 Å². The number of nitrogens with one attached hydrogen (secondary N) is 1. The van der Waals surface area contributed by atoms with Gasteiger partial charge < -0.3 is 25.0 Å². The van der Waals surface area contributed by atoms with Crippen molar-refractivity contribution >= 4 is 28.2 Å². The van der Waals surface area contributed by atoms with E-state index in [9.17, 15) is 14.3 Å². The molecule has 0 aliphatic carbocycles. The Morgan fingerprint density at radius 3 is 2.51 bits per heavy atom. The molecule has 0 spiro atoms. The highest BCUT2D eigenvalue weighted by molar-refractivity contribution is 5.84. The molecule has 3 heterocycles. The van der Waals surface area contributed by atoms with Gasteiger partial charge in [0.15, 0.2) is 0 Å². The predicted octanol–water partition coefficient (Wildman–Crippen LogP) is 3.74. The molecule has 0 amide bonds. The molecular formula is C28H36FN5O3. The van der Waals surface area contributed by atoms with Gasteiger partial charge in [-0.15, -0.1) is 0 Å². The van der Waals surface area contributed by atoms with Gasteiger partial charge in [0.25, 0.3) is 5.56 Å². The van der Waals surface area contributed by atoms with Gasteiger partial charge in [-0.1, -0.05) is 6.07 Å². The number of fused-ring (bicyclic) bond motifs is 1. The van der Waals surface area contributed by atoms with Crippen LogP contribution in [0.15, 0.2) is 35.1 Å². The van der Waals surface area contributed by atoms with Crippen molar-refractivity contribution in [2.45, 2.75) is 45.3 Å². The lowest BCUT2D eigenvalue weighted by Crippen LogP contribution is -2.42. The van der Waals surface area contributed by atoms with E-state index in [0.717, 1.165) is 22.5 Å². The standard InChI is InChI=1S/C28H36FN5O3/c1-18-15-21(25-22(16-18)26(35)32(4)27(31-25)34-11-13-37-14-12-34)19(2)30-23-6-5-20(29)17-24(23)33-9-7-28(3,36)8-10-33/h5-6,15-17,19,30,36H,7-14H2,1-4H3/t19-/m1/s1. The molecule has 8 nitrogen and oxygen atoms in total. The number of hydrogen-bond donors (Lipinski definition) is 2. The minimum Gasteiger partial charge on any atom is -0.390 e. The predicted molar refractivity (Wildman–Crippen MR) is 145 cm³/mol. The largest absolute Gasteiger partial charge is 0.390 e. The molecule has 1 atom stereocenters. The Bertz CT molecular complexity index is 1360. The van der Waals surface area contributed by atoms with Gasteiger partial charge in [-0.25, -0.2) is 9.37 Å². The SMILES string of the molecule is Cc1cc([C@@H](C)Nc2ccc(F)cc2N2CCC(C)(O)CC2)c2nc(N3CCOCC3)n(C)c(=O)c2c1. The fourth-order valence-corrected chi connectivity index (χ4v) is 5.35. The van der Waals surface area contributed by atoms with Gasteiger partial charge in [-0.2, -0.15) is 0 Å². The maximum absolute atomic E-state index is 14.3. The monoisotopic (exact) mass is 509 g/mol. The number of piperidine rings is 1.